The van der Waals surface area contributed by atoms with Crippen LogP contribution in [0.25, 0.3) is 27.7 Å². The van der Waals surface area contributed by atoms with E-state index in [2.05, 4.69) is 20.4 Å². The number of alkyl halides is 4. The first-order valence-electron chi connectivity index (χ1n) is 12.5. The number of anilines is 1. The van der Waals surface area contributed by atoms with Gasteiger partial charge in [-0.25, -0.2) is 31.5 Å². The molecular weight excluding hydrogens is 525 g/mol. The van der Waals surface area contributed by atoms with Crippen molar-refractivity contribution in [1.82, 2.24) is 29.0 Å². The monoisotopic (exact) mass is 551 g/mol. The number of imidazole rings is 1. The Hall–Kier alpha value is -3.52. The highest BCUT2D eigenvalue weighted by Gasteiger charge is 2.47. The van der Waals surface area contributed by atoms with Gasteiger partial charge in [0.15, 0.2) is 5.82 Å². The van der Waals surface area contributed by atoms with Crippen LogP contribution in [0.4, 0.5) is 27.9 Å². The van der Waals surface area contributed by atoms with E-state index in [1.165, 1.54) is 29.2 Å². The number of aromatic nitrogens is 5. The van der Waals surface area contributed by atoms with Gasteiger partial charge >= 0.3 is 0 Å². The summed E-state index contributed by atoms with van der Waals surface area (Å²) in [7, 11) is 1.38. The number of rotatable bonds is 7. The molecule has 0 amide bonds. The Bertz CT molecular complexity index is 1530. The number of benzene rings is 1. The zero-order valence-corrected chi connectivity index (χ0v) is 21.2. The topological polar surface area (TPSA) is 81.7 Å². The fourth-order valence-corrected chi connectivity index (χ4v) is 5.30. The maximum atomic E-state index is 15.0. The number of fused-ring (bicyclic) bond motifs is 2. The van der Waals surface area contributed by atoms with Crippen LogP contribution in [0.2, 0.25) is 0 Å². The standard InChI is InChI=1S/C25H26F5N7O2/c1-13-31-21-17(26)7-14(8-18(21)36(13)9-20(27)28)16-3-6-37-22(16)23(38-2)33-24(34-37)32-19-4-5-35(12-25(19,29)30)15-10-39-11-15/h3,6-8,15,19-20H,4-5,9-12H2,1-2H3,(H,32,34). The fraction of sp³-hybridized carbons (Fsp3) is 0.480. The van der Waals surface area contributed by atoms with Gasteiger partial charge in [0.05, 0.1) is 51.0 Å². The van der Waals surface area contributed by atoms with Gasteiger partial charge in [0.25, 0.3) is 12.3 Å². The van der Waals surface area contributed by atoms with E-state index in [0.29, 0.717) is 36.4 Å². The predicted octanol–water partition coefficient (Wildman–Crippen LogP) is 3.99. The van der Waals surface area contributed by atoms with E-state index in [-0.39, 0.29) is 47.7 Å². The molecule has 5 heterocycles. The first-order valence-corrected chi connectivity index (χ1v) is 12.5. The van der Waals surface area contributed by atoms with Crippen molar-refractivity contribution < 1.29 is 31.4 Å². The van der Waals surface area contributed by atoms with Crippen molar-refractivity contribution in [2.24, 2.45) is 0 Å². The fourth-order valence-electron chi connectivity index (χ4n) is 5.30. The number of nitrogens with zero attached hydrogens (tertiary/aromatic N) is 6. The van der Waals surface area contributed by atoms with Crippen molar-refractivity contribution >= 4 is 22.5 Å². The highest BCUT2D eigenvalue weighted by atomic mass is 19.3. The largest absolute Gasteiger partial charge is 0.479 e. The quantitative estimate of drug-likeness (QED) is 0.348. The molecule has 1 atom stereocenters. The lowest BCUT2D eigenvalue weighted by Crippen LogP contribution is -2.61. The van der Waals surface area contributed by atoms with Crippen molar-refractivity contribution in [3.05, 3.63) is 36.0 Å². The number of likely N-dealkylation sites (tertiary alicyclic amines) is 1. The van der Waals surface area contributed by atoms with E-state index in [1.54, 1.807) is 23.2 Å². The van der Waals surface area contributed by atoms with Crippen LogP contribution in [0.5, 0.6) is 5.88 Å². The molecule has 3 aromatic heterocycles. The lowest BCUT2D eigenvalue weighted by molar-refractivity contribution is -0.131. The van der Waals surface area contributed by atoms with E-state index in [4.69, 9.17) is 9.47 Å². The van der Waals surface area contributed by atoms with Gasteiger partial charge in [-0.05, 0) is 37.1 Å². The molecule has 14 heteroatoms. The minimum Gasteiger partial charge on any atom is -0.479 e. The summed E-state index contributed by atoms with van der Waals surface area (Å²) in [6, 6.07) is 3.31. The molecule has 0 radical (unpaired) electrons. The van der Waals surface area contributed by atoms with Crippen LogP contribution < -0.4 is 10.1 Å². The third-order valence-electron chi connectivity index (χ3n) is 7.37. The van der Waals surface area contributed by atoms with Gasteiger partial charge in [0.1, 0.15) is 16.9 Å². The summed E-state index contributed by atoms with van der Waals surface area (Å²) in [6.45, 7) is 1.95. The minimum absolute atomic E-state index is 0.00748. The normalized spacial score (nSPS) is 20.2. The minimum atomic E-state index is -3.02. The number of nitrogens with one attached hydrogen (secondary N) is 1. The van der Waals surface area contributed by atoms with Crippen LogP contribution in [0.15, 0.2) is 24.4 Å². The second kappa shape index (κ2) is 9.59. The molecule has 0 spiro atoms. The van der Waals surface area contributed by atoms with Gasteiger partial charge in [-0.15, -0.1) is 5.10 Å². The Morgan fingerprint density at radius 1 is 1.23 bits per heavy atom. The molecule has 0 bridgehead atoms. The molecule has 39 heavy (non-hydrogen) atoms. The smallest absolute Gasteiger partial charge is 0.280 e. The van der Waals surface area contributed by atoms with Crippen LogP contribution in [0, 0.1) is 12.7 Å². The second-order valence-corrected chi connectivity index (χ2v) is 9.86. The van der Waals surface area contributed by atoms with Gasteiger partial charge in [-0.3, -0.25) is 4.90 Å². The zero-order valence-electron chi connectivity index (χ0n) is 21.2. The Labute approximate surface area is 219 Å². The van der Waals surface area contributed by atoms with Crippen LogP contribution in [-0.2, 0) is 11.3 Å². The lowest BCUT2D eigenvalue weighted by atomic mass is 9.98. The average molecular weight is 552 g/mol. The molecule has 2 fully saturated rings. The average Bonchev–Trinajstić information content (AvgIpc) is 3.40. The van der Waals surface area contributed by atoms with Gasteiger partial charge < -0.3 is 19.4 Å². The molecule has 208 valence electrons. The molecule has 4 aromatic rings. The molecule has 1 unspecified atom stereocenters. The number of hydrogen-bond donors (Lipinski definition) is 1. The summed E-state index contributed by atoms with van der Waals surface area (Å²) in [5, 5.41) is 7.12. The van der Waals surface area contributed by atoms with Crippen LogP contribution in [0.1, 0.15) is 12.2 Å². The molecule has 6 rings (SSSR count). The third kappa shape index (κ3) is 4.54. The zero-order chi connectivity index (χ0) is 27.5. The van der Waals surface area contributed by atoms with E-state index < -0.39 is 30.8 Å². The molecule has 2 saturated heterocycles. The van der Waals surface area contributed by atoms with Crippen molar-refractivity contribution in [2.75, 3.05) is 38.7 Å². The van der Waals surface area contributed by atoms with Crippen LogP contribution in [-0.4, -0.2) is 86.9 Å². The first kappa shape index (κ1) is 25.7. The number of methoxy groups -OCH3 is 1. The highest BCUT2D eigenvalue weighted by molar-refractivity contribution is 5.90. The number of ether oxygens (including phenoxy) is 2. The maximum Gasteiger partial charge on any atom is 0.280 e. The lowest BCUT2D eigenvalue weighted by Gasteiger charge is -2.44. The van der Waals surface area contributed by atoms with Crippen molar-refractivity contribution in [3.63, 3.8) is 0 Å². The van der Waals surface area contributed by atoms with E-state index in [0.717, 1.165) is 0 Å². The predicted molar refractivity (Wildman–Crippen MR) is 132 cm³/mol. The molecule has 2 aliphatic heterocycles. The second-order valence-electron chi connectivity index (χ2n) is 9.86. The highest BCUT2D eigenvalue weighted by Crippen LogP contribution is 2.36. The Morgan fingerprint density at radius 3 is 2.69 bits per heavy atom. The number of piperidine rings is 1. The molecule has 2 aliphatic rings. The van der Waals surface area contributed by atoms with Crippen LogP contribution >= 0.6 is 0 Å². The maximum absolute atomic E-state index is 15.0. The Kier molecular flexibility index (Phi) is 6.33. The summed E-state index contributed by atoms with van der Waals surface area (Å²) < 4.78 is 84.7. The Balaban J connectivity index is 1.33. The van der Waals surface area contributed by atoms with E-state index in [9.17, 15) is 17.6 Å². The molecule has 0 saturated carbocycles. The molecule has 0 aliphatic carbocycles. The van der Waals surface area contributed by atoms with Crippen molar-refractivity contribution in [2.45, 2.75) is 44.3 Å². The summed E-state index contributed by atoms with van der Waals surface area (Å²) in [5.74, 6) is -3.38. The molecule has 1 N–H and O–H groups in total. The van der Waals surface area contributed by atoms with Gasteiger partial charge in [0.2, 0.25) is 11.8 Å². The first-order chi connectivity index (χ1) is 18.6. The molecule has 9 nitrogen and oxygen atoms in total. The number of halogens is 5. The summed E-state index contributed by atoms with van der Waals surface area (Å²) in [6.07, 6.45) is -0.884. The number of hydrogen-bond acceptors (Lipinski definition) is 7. The van der Waals surface area contributed by atoms with E-state index in [1.807, 2.05) is 0 Å². The van der Waals surface area contributed by atoms with Gasteiger partial charge in [0, 0.05) is 18.3 Å². The molecule has 1 aromatic carbocycles. The van der Waals surface area contributed by atoms with Crippen molar-refractivity contribution in [1.29, 1.82) is 0 Å². The SMILES string of the molecule is COc1nc(NC2CCN(C3COC3)CC2(F)F)nn2ccc(-c3cc(F)c4nc(C)n(CC(F)F)c4c3)c12. The van der Waals surface area contributed by atoms with Gasteiger partial charge in [-0.2, -0.15) is 4.98 Å². The molecular formula is C25H26F5N7O2. The van der Waals surface area contributed by atoms with Crippen LogP contribution in [0.3, 0.4) is 0 Å². The third-order valence-corrected chi connectivity index (χ3v) is 7.37. The van der Waals surface area contributed by atoms with Gasteiger partial charge in [-0.1, -0.05) is 0 Å². The van der Waals surface area contributed by atoms with Crippen molar-refractivity contribution in [3.8, 4) is 17.0 Å². The summed E-state index contributed by atoms with van der Waals surface area (Å²) in [4.78, 5) is 10.2. The van der Waals surface area contributed by atoms with E-state index >= 15 is 4.39 Å². The Morgan fingerprint density at radius 2 is 2.03 bits per heavy atom. The number of aryl methyl sites for hydroxylation is 1. The summed E-state index contributed by atoms with van der Waals surface area (Å²) in [5.41, 5.74) is 1.43. The summed E-state index contributed by atoms with van der Waals surface area (Å²) >= 11 is 0.